The molecule has 0 spiro atoms. The van der Waals surface area contributed by atoms with Crippen LogP contribution >= 0.6 is 43.5 Å². The Morgan fingerprint density at radius 2 is 1.76 bits per heavy atom. The normalized spacial score (nSPS) is 12.1. The van der Waals surface area contributed by atoms with E-state index in [0.29, 0.717) is 16.5 Å². The van der Waals surface area contributed by atoms with Crippen molar-refractivity contribution in [3.63, 3.8) is 0 Å². The largest absolute Gasteiger partial charge is 0.495 e. The molecule has 0 bridgehead atoms. The molecule has 0 aromatic heterocycles. The van der Waals surface area contributed by atoms with Gasteiger partial charge < -0.3 is 15.2 Å². The summed E-state index contributed by atoms with van der Waals surface area (Å²) in [5.74, 6) is 1.32. The summed E-state index contributed by atoms with van der Waals surface area (Å²) < 4.78 is 12.4. The second-order valence-corrected chi connectivity index (χ2v) is 6.46. The van der Waals surface area contributed by atoms with Gasteiger partial charge in [0.15, 0.2) is 0 Å². The highest BCUT2D eigenvalue weighted by atomic mass is 79.9. The minimum absolute atomic E-state index is 0.410. The van der Waals surface area contributed by atoms with E-state index in [9.17, 15) is 0 Å². The van der Waals surface area contributed by atoms with Crippen LogP contribution in [-0.4, -0.2) is 14.2 Å². The molecule has 0 aliphatic carbocycles. The van der Waals surface area contributed by atoms with E-state index in [0.717, 1.165) is 20.1 Å². The van der Waals surface area contributed by atoms with E-state index in [4.69, 9.17) is 26.8 Å². The molecule has 0 amide bonds. The van der Waals surface area contributed by atoms with Crippen molar-refractivity contribution in [3.05, 3.63) is 55.4 Å². The number of methoxy groups -OCH3 is 2. The molecule has 1 atom stereocenters. The average molecular weight is 436 g/mol. The maximum atomic E-state index is 6.38. The summed E-state index contributed by atoms with van der Waals surface area (Å²) in [6.45, 7) is 0. The lowest BCUT2D eigenvalue weighted by Crippen LogP contribution is -2.14. The second kappa shape index (κ2) is 7.01. The molecule has 1 unspecified atom stereocenters. The topological polar surface area (TPSA) is 44.5 Å². The van der Waals surface area contributed by atoms with E-state index < -0.39 is 6.04 Å². The van der Waals surface area contributed by atoms with Crippen molar-refractivity contribution >= 4 is 43.5 Å². The maximum absolute atomic E-state index is 6.38. The first-order valence-electron chi connectivity index (χ1n) is 6.10. The van der Waals surface area contributed by atoms with Gasteiger partial charge in [0.05, 0.1) is 20.3 Å². The predicted octanol–water partition coefficient (Wildman–Crippen LogP) is 4.93. The van der Waals surface area contributed by atoms with Crippen LogP contribution in [-0.2, 0) is 0 Å². The molecule has 2 aromatic rings. The number of halogens is 3. The third-order valence-electron chi connectivity index (χ3n) is 3.14. The summed E-state index contributed by atoms with van der Waals surface area (Å²) in [6, 6.07) is 8.90. The monoisotopic (exact) mass is 433 g/mol. The summed E-state index contributed by atoms with van der Waals surface area (Å²) >= 11 is 13.2. The fraction of sp³-hybridized carbons (Fsp3) is 0.200. The van der Waals surface area contributed by atoms with Crippen LogP contribution in [0.4, 0.5) is 0 Å². The van der Waals surface area contributed by atoms with Gasteiger partial charge in [-0.2, -0.15) is 0 Å². The second-order valence-electron chi connectivity index (χ2n) is 4.35. The van der Waals surface area contributed by atoms with Crippen molar-refractivity contribution in [2.24, 2.45) is 5.73 Å². The zero-order valence-electron chi connectivity index (χ0n) is 11.5. The highest BCUT2D eigenvalue weighted by Gasteiger charge is 2.21. The smallest absolute Gasteiger partial charge is 0.141 e. The summed E-state index contributed by atoms with van der Waals surface area (Å²) in [7, 11) is 3.20. The Balaban J connectivity index is 2.55. The fourth-order valence-electron chi connectivity index (χ4n) is 2.08. The Morgan fingerprint density at radius 3 is 2.38 bits per heavy atom. The van der Waals surface area contributed by atoms with Crippen molar-refractivity contribution in [2.75, 3.05) is 14.2 Å². The van der Waals surface area contributed by atoms with Crippen LogP contribution in [0, 0.1) is 0 Å². The third kappa shape index (κ3) is 3.37. The van der Waals surface area contributed by atoms with Crippen molar-refractivity contribution in [1.29, 1.82) is 0 Å². The molecule has 6 heteroatoms. The van der Waals surface area contributed by atoms with Crippen molar-refractivity contribution in [3.8, 4) is 11.5 Å². The first kappa shape index (κ1) is 16.6. The van der Waals surface area contributed by atoms with Gasteiger partial charge in [-0.25, -0.2) is 0 Å². The van der Waals surface area contributed by atoms with Crippen molar-refractivity contribution in [2.45, 2.75) is 6.04 Å². The number of nitrogens with two attached hydrogens (primary N) is 1. The van der Waals surface area contributed by atoms with E-state index in [1.807, 2.05) is 30.3 Å². The summed E-state index contributed by atoms with van der Waals surface area (Å²) in [5.41, 5.74) is 8.02. The molecule has 0 aliphatic heterocycles. The van der Waals surface area contributed by atoms with Crippen LogP contribution in [0.3, 0.4) is 0 Å². The Kier molecular flexibility index (Phi) is 5.54. The van der Waals surface area contributed by atoms with Crippen LogP contribution in [0.5, 0.6) is 11.5 Å². The molecule has 2 aromatic carbocycles. The predicted molar refractivity (Wildman–Crippen MR) is 92.4 cm³/mol. The van der Waals surface area contributed by atoms with Gasteiger partial charge in [-0.15, -0.1) is 0 Å². The molecular weight excluding hydrogens is 421 g/mol. The van der Waals surface area contributed by atoms with Crippen molar-refractivity contribution in [1.82, 2.24) is 0 Å². The molecule has 0 saturated carbocycles. The maximum Gasteiger partial charge on any atom is 0.141 e. The first-order valence-corrected chi connectivity index (χ1v) is 8.07. The Morgan fingerprint density at radius 1 is 1.05 bits per heavy atom. The lowest BCUT2D eigenvalue weighted by molar-refractivity contribution is 0.385. The van der Waals surface area contributed by atoms with Gasteiger partial charge in [-0.1, -0.05) is 27.5 Å². The molecule has 112 valence electrons. The van der Waals surface area contributed by atoms with Gasteiger partial charge in [0, 0.05) is 15.1 Å². The standard InChI is InChI=1S/C15H14Br2ClNO2/c1-20-12-6-4-9(15(21-2)13(12)17)14(19)10-7-8(16)3-5-11(10)18/h3-7,14H,19H2,1-2H3. The van der Waals surface area contributed by atoms with Crippen LogP contribution in [0.25, 0.3) is 0 Å². The molecule has 2 N–H and O–H groups in total. The van der Waals surface area contributed by atoms with Crippen LogP contribution in [0.2, 0.25) is 5.02 Å². The third-order valence-corrected chi connectivity index (χ3v) is 4.73. The van der Waals surface area contributed by atoms with Gasteiger partial charge in [0.25, 0.3) is 0 Å². The van der Waals surface area contributed by atoms with Crippen LogP contribution in [0.15, 0.2) is 39.3 Å². The zero-order chi connectivity index (χ0) is 15.6. The highest BCUT2D eigenvalue weighted by Crippen LogP contribution is 2.41. The van der Waals surface area contributed by atoms with E-state index >= 15 is 0 Å². The van der Waals surface area contributed by atoms with Crippen molar-refractivity contribution < 1.29 is 9.47 Å². The van der Waals surface area contributed by atoms with E-state index in [-0.39, 0.29) is 0 Å². The molecule has 3 nitrogen and oxygen atoms in total. The molecule has 0 aliphatic rings. The quantitative estimate of drug-likeness (QED) is 0.741. The highest BCUT2D eigenvalue weighted by molar-refractivity contribution is 9.11. The van der Waals surface area contributed by atoms with E-state index in [1.165, 1.54) is 0 Å². The number of ether oxygens (including phenoxy) is 2. The van der Waals surface area contributed by atoms with Gasteiger partial charge in [0.1, 0.15) is 16.0 Å². The number of rotatable bonds is 4. The Hall–Kier alpha value is -0.750. The molecule has 0 heterocycles. The Labute approximate surface area is 145 Å². The van der Waals surface area contributed by atoms with Gasteiger partial charge >= 0.3 is 0 Å². The van der Waals surface area contributed by atoms with Gasteiger partial charge in [-0.3, -0.25) is 0 Å². The van der Waals surface area contributed by atoms with E-state index in [2.05, 4.69) is 31.9 Å². The van der Waals surface area contributed by atoms with E-state index in [1.54, 1.807) is 14.2 Å². The molecule has 0 radical (unpaired) electrons. The summed E-state index contributed by atoms with van der Waals surface area (Å²) in [6.07, 6.45) is 0. The summed E-state index contributed by atoms with van der Waals surface area (Å²) in [5, 5.41) is 0.611. The average Bonchev–Trinajstić information content (AvgIpc) is 2.48. The first-order chi connectivity index (χ1) is 9.99. The van der Waals surface area contributed by atoms with Gasteiger partial charge in [-0.05, 0) is 51.8 Å². The zero-order valence-corrected chi connectivity index (χ0v) is 15.4. The number of hydrogen-bond donors (Lipinski definition) is 1. The fourth-order valence-corrected chi connectivity index (χ4v) is 3.38. The molecule has 2 rings (SSSR count). The molecule has 0 fully saturated rings. The molecule has 21 heavy (non-hydrogen) atoms. The lowest BCUT2D eigenvalue weighted by atomic mass is 9.98. The van der Waals surface area contributed by atoms with Gasteiger partial charge in [0.2, 0.25) is 0 Å². The SMILES string of the molecule is COc1ccc(C(N)c2cc(Br)ccc2Cl)c(OC)c1Br. The van der Waals surface area contributed by atoms with Crippen LogP contribution < -0.4 is 15.2 Å². The minimum Gasteiger partial charge on any atom is -0.495 e. The molecule has 0 saturated heterocycles. The minimum atomic E-state index is -0.410. The van der Waals surface area contributed by atoms with Crippen LogP contribution in [0.1, 0.15) is 17.2 Å². The molecular formula is C15H14Br2ClNO2. The lowest BCUT2D eigenvalue weighted by Gasteiger charge is -2.19. The number of hydrogen-bond acceptors (Lipinski definition) is 3. The number of benzene rings is 2. The summed E-state index contributed by atoms with van der Waals surface area (Å²) in [4.78, 5) is 0. The Bertz CT molecular complexity index is 664.